The summed E-state index contributed by atoms with van der Waals surface area (Å²) in [6.07, 6.45) is 6.02. The highest BCUT2D eigenvalue weighted by atomic mass is 16.2. The number of hydrogen-bond donors (Lipinski definition) is 2. The van der Waals surface area contributed by atoms with E-state index in [1.807, 2.05) is 43.7 Å². The zero-order valence-corrected chi connectivity index (χ0v) is 13.7. The van der Waals surface area contributed by atoms with Crippen LogP contribution in [0, 0.1) is 20.8 Å². The number of imidazole rings is 1. The molecule has 0 bridgehead atoms. The molecular weight excluding hydrogens is 292 g/mol. The summed E-state index contributed by atoms with van der Waals surface area (Å²) in [5.41, 5.74) is 3.73. The van der Waals surface area contributed by atoms with Crippen molar-refractivity contribution in [1.82, 2.24) is 14.9 Å². The average molecular weight is 314 g/mol. The predicted molar refractivity (Wildman–Crippen MR) is 89.1 cm³/mol. The Balaban J connectivity index is 1.82. The number of aryl methyl sites for hydroxylation is 4. The molecule has 6 heteroatoms. The Hall–Kier alpha value is -2.63. The van der Waals surface area contributed by atoms with Crippen LogP contribution in [0.25, 0.3) is 0 Å². The van der Waals surface area contributed by atoms with E-state index in [1.54, 1.807) is 12.5 Å². The molecule has 0 saturated heterocycles. The highest BCUT2D eigenvalue weighted by molar-refractivity contribution is 6.39. The van der Waals surface area contributed by atoms with E-state index in [2.05, 4.69) is 15.6 Å². The van der Waals surface area contributed by atoms with Crippen LogP contribution in [0.4, 0.5) is 5.69 Å². The third kappa shape index (κ3) is 4.67. The van der Waals surface area contributed by atoms with Gasteiger partial charge in [0.25, 0.3) is 0 Å². The molecule has 0 saturated carbocycles. The second kappa shape index (κ2) is 7.58. The van der Waals surface area contributed by atoms with E-state index in [9.17, 15) is 9.59 Å². The van der Waals surface area contributed by atoms with Crippen molar-refractivity contribution in [3.63, 3.8) is 0 Å². The van der Waals surface area contributed by atoms with Gasteiger partial charge in [-0.1, -0.05) is 17.7 Å². The van der Waals surface area contributed by atoms with Crippen LogP contribution in [0.3, 0.4) is 0 Å². The van der Waals surface area contributed by atoms with Crippen molar-refractivity contribution in [2.45, 2.75) is 33.7 Å². The maximum absolute atomic E-state index is 12.0. The van der Waals surface area contributed by atoms with Crippen LogP contribution in [-0.4, -0.2) is 27.9 Å². The first-order chi connectivity index (χ1) is 11.0. The molecule has 1 heterocycles. The molecule has 0 spiro atoms. The Labute approximate surface area is 135 Å². The molecule has 2 aromatic rings. The standard InChI is InChI=1S/C17H22N4O2/c1-12-9-13(2)15(14(3)10-12)20-17(23)16(22)19-5-4-7-21-8-6-18-11-21/h6,8-11H,4-5,7H2,1-3H3,(H,19,22)(H,20,23). The summed E-state index contributed by atoms with van der Waals surface area (Å²) < 4.78 is 1.92. The SMILES string of the molecule is Cc1cc(C)c(NC(=O)C(=O)NCCCn2ccnc2)c(C)c1. The molecule has 2 amide bonds. The van der Waals surface area contributed by atoms with Crippen LogP contribution in [0.15, 0.2) is 30.9 Å². The number of nitrogens with zero attached hydrogens (tertiary/aromatic N) is 2. The van der Waals surface area contributed by atoms with Crippen LogP contribution in [0.1, 0.15) is 23.1 Å². The summed E-state index contributed by atoms with van der Waals surface area (Å²) in [6.45, 7) is 7.02. The Bertz CT molecular complexity index is 670. The van der Waals surface area contributed by atoms with Gasteiger partial charge in [-0.05, 0) is 38.3 Å². The van der Waals surface area contributed by atoms with Gasteiger partial charge in [0.15, 0.2) is 0 Å². The first kappa shape index (κ1) is 16.7. The number of carbonyl (C=O) groups is 2. The minimum atomic E-state index is -0.636. The lowest BCUT2D eigenvalue weighted by molar-refractivity contribution is -0.136. The molecule has 1 aromatic carbocycles. The Morgan fingerprint density at radius 1 is 1.13 bits per heavy atom. The predicted octanol–water partition coefficient (Wildman–Crippen LogP) is 1.95. The molecular formula is C17H22N4O2. The topological polar surface area (TPSA) is 76.0 Å². The number of hydrogen-bond acceptors (Lipinski definition) is 3. The summed E-state index contributed by atoms with van der Waals surface area (Å²) in [7, 11) is 0. The summed E-state index contributed by atoms with van der Waals surface area (Å²) in [4.78, 5) is 27.8. The van der Waals surface area contributed by atoms with E-state index in [-0.39, 0.29) is 0 Å². The Morgan fingerprint density at radius 2 is 1.83 bits per heavy atom. The average Bonchev–Trinajstić information content (AvgIpc) is 3.00. The van der Waals surface area contributed by atoms with Crippen molar-refractivity contribution in [2.75, 3.05) is 11.9 Å². The van der Waals surface area contributed by atoms with Crippen molar-refractivity contribution in [3.8, 4) is 0 Å². The summed E-state index contributed by atoms with van der Waals surface area (Å²) in [6, 6.07) is 3.96. The molecule has 6 nitrogen and oxygen atoms in total. The van der Waals surface area contributed by atoms with Gasteiger partial charge in [0.1, 0.15) is 0 Å². The number of carbonyl (C=O) groups excluding carboxylic acids is 2. The zero-order chi connectivity index (χ0) is 16.8. The second-order valence-electron chi connectivity index (χ2n) is 5.64. The van der Waals surface area contributed by atoms with Crippen LogP contribution in [0.2, 0.25) is 0 Å². The smallest absolute Gasteiger partial charge is 0.313 e. The summed E-state index contributed by atoms with van der Waals surface area (Å²) in [5.74, 6) is -1.25. The third-order valence-electron chi connectivity index (χ3n) is 3.56. The molecule has 0 fully saturated rings. The monoisotopic (exact) mass is 314 g/mol. The van der Waals surface area contributed by atoms with Crippen LogP contribution in [-0.2, 0) is 16.1 Å². The van der Waals surface area contributed by atoms with Crippen LogP contribution < -0.4 is 10.6 Å². The van der Waals surface area contributed by atoms with Gasteiger partial charge in [-0.2, -0.15) is 0 Å². The molecule has 2 N–H and O–H groups in total. The fraction of sp³-hybridized carbons (Fsp3) is 0.353. The van der Waals surface area contributed by atoms with Gasteiger partial charge in [-0.3, -0.25) is 9.59 Å². The van der Waals surface area contributed by atoms with Gasteiger partial charge < -0.3 is 15.2 Å². The lowest BCUT2D eigenvalue weighted by atomic mass is 10.1. The van der Waals surface area contributed by atoms with Gasteiger partial charge in [0, 0.05) is 31.2 Å². The van der Waals surface area contributed by atoms with Crippen molar-refractivity contribution in [2.24, 2.45) is 0 Å². The number of rotatable bonds is 5. The zero-order valence-electron chi connectivity index (χ0n) is 13.7. The van der Waals surface area contributed by atoms with Gasteiger partial charge in [0.05, 0.1) is 6.33 Å². The van der Waals surface area contributed by atoms with Crippen molar-refractivity contribution < 1.29 is 9.59 Å². The number of aromatic nitrogens is 2. The quantitative estimate of drug-likeness (QED) is 0.654. The maximum atomic E-state index is 12.0. The van der Waals surface area contributed by atoms with Gasteiger partial charge >= 0.3 is 11.8 Å². The second-order valence-corrected chi connectivity index (χ2v) is 5.64. The molecule has 2 rings (SSSR count). The molecule has 0 aliphatic rings. The van der Waals surface area contributed by atoms with Crippen LogP contribution >= 0.6 is 0 Å². The molecule has 0 unspecified atom stereocenters. The van der Waals surface area contributed by atoms with Gasteiger partial charge in [0.2, 0.25) is 0 Å². The lowest BCUT2D eigenvalue weighted by Gasteiger charge is -2.12. The molecule has 1 aromatic heterocycles. The minimum Gasteiger partial charge on any atom is -0.348 e. The molecule has 23 heavy (non-hydrogen) atoms. The molecule has 0 aliphatic heterocycles. The van der Waals surface area contributed by atoms with E-state index < -0.39 is 11.8 Å². The van der Waals surface area contributed by atoms with Gasteiger partial charge in [-0.15, -0.1) is 0 Å². The number of nitrogens with one attached hydrogen (secondary N) is 2. The van der Waals surface area contributed by atoms with Crippen molar-refractivity contribution >= 4 is 17.5 Å². The van der Waals surface area contributed by atoms with Crippen LogP contribution in [0.5, 0.6) is 0 Å². The molecule has 122 valence electrons. The molecule has 0 aliphatic carbocycles. The first-order valence-corrected chi connectivity index (χ1v) is 7.60. The number of anilines is 1. The lowest BCUT2D eigenvalue weighted by Crippen LogP contribution is -2.36. The largest absolute Gasteiger partial charge is 0.348 e. The minimum absolute atomic E-state index is 0.441. The normalized spacial score (nSPS) is 10.4. The van der Waals surface area contributed by atoms with E-state index in [4.69, 9.17) is 0 Å². The Kier molecular flexibility index (Phi) is 5.51. The Morgan fingerprint density at radius 3 is 2.43 bits per heavy atom. The third-order valence-corrected chi connectivity index (χ3v) is 3.56. The summed E-state index contributed by atoms with van der Waals surface area (Å²) >= 11 is 0. The maximum Gasteiger partial charge on any atom is 0.313 e. The fourth-order valence-electron chi connectivity index (χ4n) is 2.51. The first-order valence-electron chi connectivity index (χ1n) is 7.60. The molecule has 0 radical (unpaired) electrons. The fourth-order valence-corrected chi connectivity index (χ4v) is 2.51. The summed E-state index contributed by atoms with van der Waals surface area (Å²) in [5, 5.41) is 5.32. The van der Waals surface area contributed by atoms with E-state index in [0.717, 1.165) is 29.7 Å². The molecule has 0 atom stereocenters. The highest BCUT2D eigenvalue weighted by Gasteiger charge is 2.15. The highest BCUT2D eigenvalue weighted by Crippen LogP contribution is 2.21. The van der Waals surface area contributed by atoms with Crippen molar-refractivity contribution in [3.05, 3.63) is 47.5 Å². The van der Waals surface area contributed by atoms with Crippen molar-refractivity contribution in [1.29, 1.82) is 0 Å². The van der Waals surface area contributed by atoms with E-state index in [1.165, 1.54) is 0 Å². The number of benzene rings is 1. The van der Waals surface area contributed by atoms with E-state index in [0.29, 0.717) is 12.2 Å². The van der Waals surface area contributed by atoms with E-state index >= 15 is 0 Å². The number of amides is 2. The van der Waals surface area contributed by atoms with Gasteiger partial charge in [-0.25, -0.2) is 4.98 Å².